The number of rotatable bonds is 2. The number of para-hydroxylation sites is 1. The molecular weight excluding hydrogens is 362 g/mol. The second-order valence-electron chi connectivity index (χ2n) is 5.03. The van der Waals surface area contributed by atoms with Gasteiger partial charge in [0, 0.05) is 16.1 Å². The van der Waals surface area contributed by atoms with Crippen LogP contribution >= 0.6 is 23.8 Å². The number of halogens is 1. The van der Waals surface area contributed by atoms with Crippen LogP contribution in [0.1, 0.15) is 10.4 Å². The number of benzene rings is 2. The molecule has 0 bridgehead atoms. The normalized spacial score (nSPS) is 10.3. The van der Waals surface area contributed by atoms with Gasteiger partial charge in [-0.05, 0) is 42.5 Å². The Morgan fingerprint density at radius 1 is 1.04 bits per heavy atom. The molecule has 0 fully saturated rings. The van der Waals surface area contributed by atoms with Crippen molar-refractivity contribution in [2.75, 3.05) is 5.32 Å². The molecule has 3 aromatic rings. The van der Waals surface area contributed by atoms with Gasteiger partial charge in [-0.3, -0.25) is 15.6 Å². The molecular formula is C17H12ClN3O3S. The topological polar surface area (TPSA) is 83.4 Å². The smallest absolute Gasteiger partial charge is 0.349 e. The molecule has 0 spiro atoms. The van der Waals surface area contributed by atoms with Crippen LogP contribution in [0.3, 0.4) is 0 Å². The first-order valence-electron chi connectivity index (χ1n) is 7.19. The first-order chi connectivity index (χ1) is 12.0. The number of amides is 1. The molecule has 0 unspecified atom stereocenters. The Hall–Kier alpha value is -2.90. The highest BCUT2D eigenvalue weighted by Gasteiger charge is 2.13. The molecule has 6 nitrogen and oxygen atoms in total. The van der Waals surface area contributed by atoms with Crippen molar-refractivity contribution in [1.29, 1.82) is 0 Å². The fourth-order valence-electron chi connectivity index (χ4n) is 2.13. The quantitative estimate of drug-likeness (QED) is 0.364. The summed E-state index contributed by atoms with van der Waals surface area (Å²) in [6.07, 6.45) is 0. The molecule has 1 amide bonds. The lowest BCUT2D eigenvalue weighted by Gasteiger charge is -2.11. The zero-order valence-electron chi connectivity index (χ0n) is 12.7. The maximum atomic E-state index is 12.2. The number of fused-ring (bicyclic) bond motifs is 1. The van der Waals surface area contributed by atoms with Crippen molar-refractivity contribution in [3.05, 3.63) is 75.6 Å². The van der Waals surface area contributed by atoms with Gasteiger partial charge in [-0.25, -0.2) is 4.79 Å². The number of hydrazine groups is 1. The van der Waals surface area contributed by atoms with E-state index >= 15 is 0 Å². The number of hydrogen-bond donors (Lipinski definition) is 3. The number of carbonyl (C=O) groups is 1. The third-order valence-corrected chi connectivity index (χ3v) is 3.70. The van der Waals surface area contributed by atoms with Gasteiger partial charge in [-0.2, -0.15) is 0 Å². The monoisotopic (exact) mass is 373 g/mol. The van der Waals surface area contributed by atoms with E-state index in [0.29, 0.717) is 21.7 Å². The molecule has 2 aromatic carbocycles. The van der Waals surface area contributed by atoms with Gasteiger partial charge >= 0.3 is 5.63 Å². The second kappa shape index (κ2) is 7.33. The van der Waals surface area contributed by atoms with Crippen LogP contribution in [0.15, 0.2) is 63.8 Å². The average Bonchev–Trinajstić information content (AvgIpc) is 2.59. The fourth-order valence-corrected chi connectivity index (χ4v) is 2.49. The van der Waals surface area contributed by atoms with Crippen molar-refractivity contribution in [2.24, 2.45) is 0 Å². The molecule has 0 aliphatic carbocycles. The summed E-state index contributed by atoms with van der Waals surface area (Å²) < 4.78 is 5.12. The molecule has 8 heteroatoms. The number of nitrogens with one attached hydrogen (secondary N) is 3. The summed E-state index contributed by atoms with van der Waals surface area (Å²) in [5.41, 5.74) is 5.09. The third kappa shape index (κ3) is 4.14. The van der Waals surface area contributed by atoms with Crippen LogP contribution in [0.25, 0.3) is 11.0 Å². The summed E-state index contributed by atoms with van der Waals surface area (Å²) in [7, 11) is 0. The van der Waals surface area contributed by atoms with Crippen molar-refractivity contribution < 1.29 is 9.21 Å². The van der Waals surface area contributed by atoms with E-state index in [-0.39, 0.29) is 10.7 Å². The first-order valence-corrected chi connectivity index (χ1v) is 7.97. The summed E-state index contributed by atoms with van der Waals surface area (Å²) in [6.45, 7) is 0. The van der Waals surface area contributed by atoms with Gasteiger partial charge in [0.2, 0.25) is 0 Å². The maximum absolute atomic E-state index is 12.2. The van der Waals surface area contributed by atoms with Crippen LogP contribution in [0.4, 0.5) is 5.69 Å². The SMILES string of the molecule is O=C(NNC(=S)Nc1cccc(Cl)c1)c1cc2ccccc2oc1=O. The summed E-state index contributed by atoms with van der Waals surface area (Å²) in [6, 6.07) is 15.3. The maximum Gasteiger partial charge on any atom is 0.349 e. The Morgan fingerprint density at radius 2 is 1.84 bits per heavy atom. The molecule has 0 aliphatic rings. The number of hydrogen-bond acceptors (Lipinski definition) is 4. The van der Waals surface area contributed by atoms with Crippen LogP contribution < -0.4 is 21.8 Å². The van der Waals surface area contributed by atoms with E-state index in [9.17, 15) is 9.59 Å². The number of carbonyl (C=O) groups excluding carboxylic acids is 1. The fraction of sp³-hybridized carbons (Fsp3) is 0. The molecule has 0 aliphatic heterocycles. The summed E-state index contributed by atoms with van der Waals surface area (Å²) in [4.78, 5) is 24.1. The van der Waals surface area contributed by atoms with E-state index in [1.807, 2.05) is 0 Å². The van der Waals surface area contributed by atoms with Crippen LogP contribution in [0.2, 0.25) is 5.02 Å². The first kappa shape index (κ1) is 16.9. The molecule has 0 atom stereocenters. The lowest BCUT2D eigenvalue weighted by atomic mass is 10.2. The van der Waals surface area contributed by atoms with E-state index in [2.05, 4.69) is 16.2 Å². The molecule has 126 valence electrons. The zero-order valence-corrected chi connectivity index (χ0v) is 14.3. The van der Waals surface area contributed by atoms with E-state index in [1.54, 1.807) is 48.5 Å². The lowest BCUT2D eigenvalue weighted by molar-refractivity contribution is 0.0940. The van der Waals surface area contributed by atoms with Gasteiger partial charge < -0.3 is 9.73 Å². The van der Waals surface area contributed by atoms with Gasteiger partial charge in [-0.15, -0.1) is 0 Å². The summed E-state index contributed by atoms with van der Waals surface area (Å²) in [5, 5.41) is 4.19. The van der Waals surface area contributed by atoms with Gasteiger partial charge in [0.15, 0.2) is 5.11 Å². The highest BCUT2D eigenvalue weighted by molar-refractivity contribution is 7.80. The van der Waals surface area contributed by atoms with Gasteiger partial charge in [0.25, 0.3) is 5.91 Å². The Labute approximate surface area is 152 Å². The van der Waals surface area contributed by atoms with Crippen molar-refractivity contribution >= 4 is 51.5 Å². The molecule has 0 saturated heterocycles. The molecule has 3 rings (SSSR count). The Balaban J connectivity index is 1.67. The molecule has 3 N–H and O–H groups in total. The molecule has 0 radical (unpaired) electrons. The van der Waals surface area contributed by atoms with E-state index in [0.717, 1.165) is 0 Å². The third-order valence-electron chi connectivity index (χ3n) is 3.26. The standard InChI is InChI=1S/C17H12ClN3O3S/c18-11-5-3-6-12(9-11)19-17(25)21-20-15(22)13-8-10-4-1-2-7-14(10)24-16(13)23/h1-9H,(H,20,22)(H2,19,21,25). The summed E-state index contributed by atoms with van der Waals surface area (Å²) >= 11 is 11.0. The highest BCUT2D eigenvalue weighted by atomic mass is 35.5. The highest BCUT2D eigenvalue weighted by Crippen LogP contribution is 2.14. The molecule has 0 saturated carbocycles. The average molecular weight is 374 g/mol. The van der Waals surface area contributed by atoms with Gasteiger partial charge in [0.05, 0.1) is 0 Å². The summed E-state index contributed by atoms with van der Waals surface area (Å²) in [5.74, 6) is -0.658. The minimum absolute atomic E-state index is 0.128. The Kier molecular flexibility index (Phi) is 4.97. The number of anilines is 1. The molecule has 1 aromatic heterocycles. The minimum atomic E-state index is -0.730. The molecule has 25 heavy (non-hydrogen) atoms. The van der Waals surface area contributed by atoms with Crippen LogP contribution in [0.5, 0.6) is 0 Å². The van der Waals surface area contributed by atoms with Crippen LogP contribution in [-0.4, -0.2) is 11.0 Å². The van der Waals surface area contributed by atoms with Crippen LogP contribution in [0, 0.1) is 0 Å². The van der Waals surface area contributed by atoms with E-state index in [1.165, 1.54) is 6.07 Å². The zero-order chi connectivity index (χ0) is 17.8. The molecule has 1 heterocycles. The van der Waals surface area contributed by atoms with E-state index < -0.39 is 11.5 Å². The lowest BCUT2D eigenvalue weighted by Crippen LogP contribution is -2.44. The Morgan fingerprint density at radius 3 is 2.64 bits per heavy atom. The number of thiocarbonyl (C=S) groups is 1. The predicted molar refractivity (Wildman–Crippen MR) is 101 cm³/mol. The minimum Gasteiger partial charge on any atom is -0.422 e. The van der Waals surface area contributed by atoms with Crippen LogP contribution in [-0.2, 0) is 0 Å². The van der Waals surface area contributed by atoms with Crippen molar-refractivity contribution in [3.63, 3.8) is 0 Å². The predicted octanol–water partition coefficient (Wildman–Crippen LogP) is 3.08. The van der Waals surface area contributed by atoms with E-state index in [4.69, 9.17) is 28.2 Å². The second-order valence-corrected chi connectivity index (χ2v) is 5.87. The Bertz CT molecular complexity index is 1020. The van der Waals surface area contributed by atoms with Crippen molar-refractivity contribution in [1.82, 2.24) is 10.9 Å². The largest absolute Gasteiger partial charge is 0.422 e. The van der Waals surface area contributed by atoms with Crippen molar-refractivity contribution in [3.8, 4) is 0 Å². The van der Waals surface area contributed by atoms with Gasteiger partial charge in [0.1, 0.15) is 11.1 Å². The van der Waals surface area contributed by atoms with Crippen molar-refractivity contribution in [2.45, 2.75) is 0 Å². The van der Waals surface area contributed by atoms with Gasteiger partial charge in [-0.1, -0.05) is 35.9 Å².